The summed E-state index contributed by atoms with van der Waals surface area (Å²) in [6, 6.07) is 13.9. The molecule has 114 valence electrons. The first-order chi connectivity index (χ1) is 10.5. The molecule has 0 aliphatic carbocycles. The molecule has 2 aromatic rings. The lowest BCUT2D eigenvalue weighted by molar-refractivity contribution is 0.0331. The molecule has 0 bridgehead atoms. The number of carbonyl (C=O) groups excluding carboxylic acids is 1. The summed E-state index contributed by atoms with van der Waals surface area (Å²) < 4.78 is 5.38. The van der Waals surface area contributed by atoms with Crippen molar-refractivity contribution in [3.05, 3.63) is 70.8 Å². The van der Waals surface area contributed by atoms with Gasteiger partial charge in [0.2, 0.25) is 0 Å². The van der Waals surface area contributed by atoms with Crippen LogP contribution in [0.25, 0.3) is 0 Å². The Morgan fingerprint density at radius 1 is 1.05 bits per heavy atom. The van der Waals surface area contributed by atoms with Gasteiger partial charge in [-0.1, -0.05) is 43.3 Å². The molecular formula is C18H18O4. The Morgan fingerprint density at radius 3 is 2.18 bits per heavy atom. The summed E-state index contributed by atoms with van der Waals surface area (Å²) in [7, 11) is 0. The second-order valence-electron chi connectivity index (χ2n) is 4.99. The van der Waals surface area contributed by atoms with Gasteiger partial charge < -0.3 is 9.84 Å². The van der Waals surface area contributed by atoms with Gasteiger partial charge in [0.1, 0.15) is 6.10 Å². The van der Waals surface area contributed by atoms with E-state index in [1.165, 1.54) is 17.7 Å². The lowest BCUT2D eigenvalue weighted by atomic mass is 10.1. The third kappa shape index (κ3) is 3.52. The van der Waals surface area contributed by atoms with Crippen LogP contribution in [-0.2, 0) is 11.2 Å². The van der Waals surface area contributed by atoms with Gasteiger partial charge >= 0.3 is 11.9 Å². The molecule has 0 radical (unpaired) electrons. The van der Waals surface area contributed by atoms with E-state index < -0.39 is 18.0 Å². The smallest absolute Gasteiger partial charge is 0.339 e. The first-order valence-corrected chi connectivity index (χ1v) is 7.15. The van der Waals surface area contributed by atoms with Crippen LogP contribution in [-0.4, -0.2) is 17.0 Å². The third-order valence-corrected chi connectivity index (χ3v) is 3.52. The Morgan fingerprint density at radius 2 is 1.64 bits per heavy atom. The van der Waals surface area contributed by atoms with E-state index >= 15 is 0 Å². The highest BCUT2D eigenvalue weighted by Crippen LogP contribution is 2.20. The highest BCUT2D eigenvalue weighted by Gasteiger charge is 2.19. The quantitative estimate of drug-likeness (QED) is 0.851. The van der Waals surface area contributed by atoms with Crippen molar-refractivity contribution in [2.24, 2.45) is 0 Å². The van der Waals surface area contributed by atoms with Gasteiger partial charge in [-0.15, -0.1) is 0 Å². The number of carboxylic acids is 1. The number of esters is 1. The van der Waals surface area contributed by atoms with Gasteiger partial charge in [-0.25, -0.2) is 9.59 Å². The number of hydrogen-bond acceptors (Lipinski definition) is 3. The molecule has 4 nitrogen and oxygen atoms in total. The van der Waals surface area contributed by atoms with Crippen LogP contribution >= 0.6 is 0 Å². The maximum Gasteiger partial charge on any atom is 0.339 e. The van der Waals surface area contributed by atoms with Crippen molar-refractivity contribution in [3.8, 4) is 0 Å². The minimum Gasteiger partial charge on any atom is -0.478 e. The fourth-order valence-electron chi connectivity index (χ4n) is 2.16. The highest BCUT2D eigenvalue weighted by atomic mass is 16.5. The molecule has 0 saturated carbocycles. The zero-order valence-electron chi connectivity index (χ0n) is 12.6. The lowest BCUT2D eigenvalue weighted by Crippen LogP contribution is -2.13. The van der Waals surface area contributed by atoms with E-state index in [1.807, 2.05) is 24.3 Å². The highest BCUT2D eigenvalue weighted by molar-refractivity contribution is 6.02. The molecule has 0 heterocycles. The molecule has 0 unspecified atom stereocenters. The number of aryl methyl sites for hydroxylation is 1. The van der Waals surface area contributed by atoms with Crippen LogP contribution in [0.2, 0.25) is 0 Å². The van der Waals surface area contributed by atoms with Crippen LogP contribution in [0.3, 0.4) is 0 Å². The van der Waals surface area contributed by atoms with Gasteiger partial charge in [0.25, 0.3) is 0 Å². The normalized spacial score (nSPS) is 11.7. The number of ether oxygens (including phenoxy) is 1. The molecule has 0 aliphatic rings. The van der Waals surface area contributed by atoms with Crippen molar-refractivity contribution in [3.63, 3.8) is 0 Å². The molecule has 2 rings (SSSR count). The van der Waals surface area contributed by atoms with E-state index in [4.69, 9.17) is 9.84 Å². The van der Waals surface area contributed by atoms with Crippen LogP contribution in [0.1, 0.15) is 51.8 Å². The van der Waals surface area contributed by atoms with E-state index in [0.717, 1.165) is 12.0 Å². The Hall–Kier alpha value is -2.62. The van der Waals surface area contributed by atoms with Gasteiger partial charge in [-0.05, 0) is 36.6 Å². The molecule has 0 amide bonds. The average molecular weight is 298 g/mol. The first kappa shape index (κ1) is 15.8. The molecule has 0 spiro atoms. The van der Waals surface area contributed by atoms with Gasteiger partial charge in [0.15, 0.2) is 0 Å². The Labute approximate surface area is 129 Å². The number of aromatic carboxylic acids is 1. The SMILES string of the molecule is CCc1ccc([C@@H](C)OC(=O)c2ccccc2C(=O)O)cc1. The lowest BCUT2D eigenvalue weighted by Gasteiger charge is -2.15. The second-order valence-corrected chi connectivity index (χ2v) is 4.99. The van der Waals surface area contributed by atoms with Gasteiger partial charge in [-0.3, -0.25) is 0 Å². The van der Waals surface area contributed by atoms with Crippen LogP contribution in [0.4, 0.5) is 0 Å². The van der Waals surface area contributed by atoms with Gasteiger partial charge in [0.05, 0.1) is 11.1 Å². The first-order valence-electron chi connectivity index (χ1n) is 7.15. The van der Waals surface area contributed by atoms with Crippen molar-refractivity contribution < 1.29 is 19.4 Å². The topological polar surface area (TPSA) is 63.6 Å². The number of carboxylic acid groups (broad SMARTS) is 1. The Balaban J connectivity index is 2.16. The van der Waals surface area contributed by atoms with Crippen molar-refractivity contribution in [1.82, 2.24) is 0 Å². The minimum absolute atomic E-state index is 0.0546. The van der Waals surface area contributed by atoms with Crippen molar-refractivity contribution in [1.29, 1.82) is 0 Å². The van der Waals surface area contributed by atoms with Crippen LogP contribution in [0.15, 0.2) is 48.5 Å². The maximum atomic E-state index is 12.2. The van der Waals surface area contributed by atoms with Gasteiger partial charge in [0, 0.05) is 0 Å². The zero-order chi connectivity index (χ0) is 16.1. The Bertz CT molecular complexity index is 674. The summed E-state index contributed by atoms with van der Waals surface area (Å²) in [6.07, 6.45) is 0.501. The molecule has 0 saturated heterocycles. The standard InChI is InChI=1S/C18H18O4/c1-3-13-8-10-14(11-9-13)12(2)22-18(21)16-7-5-4-6-15(16)17(19)20/h4-12H,3H2,1-2H3,(H,19,20)/t12-/m1/s1. The van der Waals surface area contributed by atoms with E-state index in [-0.39, 0.29) is 11.1 Å². The van der Waals surface area contributed by atoms with Gasteiger partial charge in [-0.2, -0.15) is 0 Å². The predicted molar refractivity (Wildman–Crippen MR) is 83.1 cm³/mol. The molecule has 0 aliphatic heterocycles. The number of carbonyl (C=O) groups is 2. The summed E-state index contributed by atoms with van der Waals surface area (Å²) in [6.45, 7) is 3.84. The van der Waals surface area contributed by atoms with Crippen molar-refractivity contribution >= 4 is 11.9 Å². The molecule has 22 heavy (non-hydrogen) atoms. The minimum atomic E-state index is -1.15. The summed E-state index contributed by atoms with van der Waals surface area (Å²) in [4.78, 5) is 23.3. The largest absolute Gasteiger partial charge is 0.478 e. The fourth-order valence-corrected chi connectivity index (χ4v) is 2.16. The molecular weight excluding hydrogens is 280 g/mol. The molecule has 1 atom stereocenters. The fraction of sp³-hybridized carbons (Fsp3) is 0.222. The molecule has 2 aromatic carbocycles. The zero-order valence-corrected chi connectivity index (χ0v) is 12.6. The maximum absolute atomic E-state index is 12.2. The van der Waals surface area contributed by atoms with Crippen molar-refractivity contribution in [2.75, 3.05) is 0 Å². The van der Waals surface area contributed by atoms with E-state index in [9.17, 15) is 9.59 Å². The predicted octanol–water partition coefficient (Wildman–Crippen LogP) is 3.87. The summed E-state index contributed by atoms with van der Waals surface area (Å²) >= 11 is 0. The second kappa shape index (κ2) is 6.89. The van der Waals surface area contributed by atoms with Crippen LogP contribution in [0.5, 0.6) is 0 Å². The molecule has 0 fully saturated rings. The summed E-state index contributed by atoms with van der Waals surface area (Å²) in [5.74, 6) is -1.78. The van der Waals surface area contributed by atoms with E-state index in [0.29, 0.717) is 0 Å². The van der Waals surface area contributed by atoms with E-state index in [2.05, 4.69) is 6.92 Å². The molecule has 4 heteroatoms. The number of benzene rings is 2. The van der Waals surface area contributed by atoms with Crippen LogP contribution < -0.4 is 0 Å². The Kier molecular flexibility index (Phi) is 4.94. The number of rotatable bonds is 5. The molecule has 0 aromatic heterocycles. The van der Waals surface area contributed by atoms with Crippen molar-refractivity contribution in [2.45, 2.75) is 26.4 Å². The van der Waals surface area contributed by atoms with Crippen LogP contribution in [0, 0.1) is 0 Å². The number of hydrogen-bond donors (Lipinski definition) is 1. The van der Waals surface area contributed by atoms with E-state index in [1.54, 1.807) is 19.1 Å². The monoisotopic (exact) mass is 298 g/mol. The average Bonchev–Trinajstić information content (AvgIpc) is 2.54. The summed E-state index contributed by atoms with van der Waals surface area (Å²) in [5, 5.41) is 9.12. The molecule has 1 N–H and O–H groups in total. The summed E-state index contributed by atoms with van der Waals surface area (Å²) in [5.41, 5.74) is 2.09. The third-order valence-electron chi connectivity index (χ3n) is 3.52.